The van der Waals surface area contributed by atoms with Crippen LogP contribution < -0.4 is 0 Å². The first-order valence-electron chi connectivity index (χ1n) is 5.18. The van der Waals surface area contributed by atoms with E-state index in [0.717, 1.165) is 12.8 Å². The summed E-state index contributed by atoms with van der Waals surface area (Å²) in [6.45, 7) is 4.08. The molecule has 2 unspecified atom stereocenters. The Balaban J connectivity index is 2.65. The molecule has 1 aliphatic heterocycles. The van der Waals surface area contributed by atoms with Crippen LogP contribution in [-0.2, 0) is 4.79 Å². The third kappa shape index (κ3) is 2.69. The summed E-state index contributed by atoms with van der Waals surface area (Å²) in [5.41, 5.74) is 0. The first-order chi connectivity index (χ1) is 6.52. The second kappa shape index (κ2) is 4.75. The summed E-state index contributed by atoms with van der Waals surface area (Å²) in [7, 11) is 0. The van der Waals surface area contributed by atoms with Crippen LogP contribution in [0.2, 0.25) is 0 Å². The topological polar surface area (TPSA) is 60.8 Å². The zero-order valence-corrected chi connectivity index (χ0v) is 8.81. The van der Waals surface area contributed by atoms with Crippen LogP contribution in [0.5, 0.6) is 0 Å². The van der Waals surface area contributed by atoms with Crippen molar-refractivity contribution < 1.29 is 15.0 Å². The normalized spacial score (nSPS) is 29.4. The first-order valence-corrected chi connectivity index (χ1v) is 5.18. The van der Waals surface area contributed by atoms with Gasteiger partial charge in [0.25, 0.3) is 0 Å². The molecule has 0 saturated carbocycles. The Morgan fingerprint density at radius 3 is 2.64 bits per heavy atom. The van der Waals surface area contributed by atoms with Crippen molar-refractivity contribution in [1.29, 1.82) is 0 Å². The van der Waals surface area contributed by atoms with Gasteiger partial charge in [0.05, 0.1) is 6.54 Å². The minimum absolute atomic E-state index is 0.0516. The van der Waals surface area contributed by atoms with Gasteiger partial charge in [-0.05, 0) is 25.2 Å². The Kier molecular flexibility index (Phi) is 3.89. The number of carbonyl (C=O) groups is 1. The van der Waals surface area contributed by atoms with Crippen molar-refractivity contribution in [2.75, 3.05) is 6.54 Å². The van der Waals surface area contributed by atoms with Crippen molar-refractivity contribution in [2.24, 2.45) is 5.92 Å². The van der Waals surface area contributed by atoms with E-state index in [1.54, 1.807) is 4.90 Å². The fourth-order valence-electron chi connectivity index (χ4n) is 2.16. The molecular weight excluding hydrogens is 182 g/mol. The number of carboxylic acids is 1. The van der Waals surface area contributed by atoms with E-state index in [2.05, 4.69) is 13.8 Å². The van der Waals surface area contributed by atoms with Gasteiger partial charge < -0.3 is 10.2 Å². The standard InChI is InChI=1S/C10H19NO3/c1-7(2)8-4-3-5-9(12)11(8)6-10(13)14/h7-9,12H,3-6H2,1-2H3,(H,13,14). The van der Waals surface area contributed by atoms with Crippen molar-refractivity contribution in [3.63, 3.8) is 0 Å². The van der Waals surface area contributed by atoms with E-state index in [1.807, 2.05) is 0 Å². The van der Waals surface area contributed by atoms with Gasteiger partial charge in [0.15, 0.2) is 0 Å². The van der Waals surface area contributed by atoms with Crippen molar-refractivity contribution in [3.8, 4) is 0 Å². The van der Waals surface area contributed by atoms with Gasteiger partial charge >= 0.3 is 5.97 Å². The highest BCUT2D eigenvalue weighted by molar-refractivity contribution is 5.69. The number of aliphatic hydroxyl groups is 1. The molecular formula is C10H19NO3. The molecule has 2 atom stereocenters. The molecule has 1 aliphatic rings. The lowest BCUT2D eigenvalue weighted by Crippen LogP contribution is -2.51. The van der Waals surface area contributed by atoms with Gasteiger partial charge in [-0.3, -0.25) is 9.69 Å². The minimum Gasteiger partial charge on any atom is -0.480 e. The van der Waals surface area contributed by atoms with E-state index in [0.29, 0.717) is 12.3 Å². The quantitative estimate of drug-likeness (QED) is 0.712. The summed E-state index contributed by atoms with van der Waals surface area (Å²) in [5.74, 6) is -0.471. The highest BCUT2D eigenvalue weighted by Gasteiger charge is 2.32. The summed E-state index contributed by atoms with van der Waals surface area (Å²) >= 11 is 0. The zero-order valence-electron chi connectivity index (χ0n) is 8.81. The van der Waals surface area contributed by atoms with Crippen LogP contribution in [0.1, 0.15) is 33.1 Å². The van der Waals surface area contributed by atoms with Gasteiger partial charge in [0.1, 0.15) is 6.23 Å². The number of aliphatic carboxylic acids is 1. The lowest BCUT2D eigenvalue weighted by molar-refractivity contribution is -0.146. The number of nitrogens with zero attached hydrogens (tertiary/aromatic N) is 1. The van der Waals surface area contributed by atoms with Crippen LogP contribution in [0.15, 0.2) is 0 Å². The second-order valence-electron chi connectivity index (χ2n) is 4.29. The number of hydrogen-bond acceptors (Lipinski definition) is 3. The number of aliphatic hydroxyl groups excluding tert-OH is 1. The third-order valence-electron chi connectivity index (χ3n) is 2.86. The highest BCUT2D eigenvalue weighted by Crippen LogP contribution is 2.25. The summed E-state index contributed by atoms with van der Waals surface area (Å²) < 4.78 is 0. The van der Waals surface area contributed by atoms with Crippen molar-refractivity contribution in [3.05, 3.63) is 0 Å². The molecule has 4 nitrogen and oxygen atoms in total. The second-order valence-corrected chi connectivity index (χ2v) is 4.29. The van der Waals surface area contributed by atoms with Crippen molar-refractivity contribution in [1.82, 2.24) is 4.90 Å². The van der Waals surface area contributed by atoms with E-state index in [-0.39, 0.29) is 12.6 Å². The number of hydrogen-bond donors (Lipinski definition) is 2. The Morgan fingerprint density at radius 1 is 1.50 bits per heavy atom. The average molecular weight is 201 g/mol. The van der Waals surface area contributed by atoms with Crippen molar-refractivity contribution >= 4 is 5.97 Å². The number of likely N-dealkylation sites (tertiary alicyclic amines) is 1. The number of piperidine rings is 1. The molecule has 0 radical (unpaired) electrons. The maximum atomic E-state index is 10.6. The Morgan fingerprint density at radius 2 is 2.14 bits per heavy atom. The summed E-state index contributed by atoms with van der Waals surface area (Å²) in [6, 6.07) is 0.204. The van der Waals surface area contributed by atoms with Gasteiger partial charge in [0, 0.05) is 6.04 Å². The molecule has 0 aromatic rings. The van der Waals surface area contributed by atoms with Gasteiger partial charge in [-0.1, -0.05) is 13.8 Å². The van der Waals surface area contributed by atoms with Crippen LogP contribution in [-0.4, -0.2) is 39.9 Å². The SMILES string of the molecule is CC(C)C1CCCC(O)N1CC(=O)O. The molecule has 2 N–H and O–H groups in total. The van der Waals surface area contributed by atoms with Gasteiger partial charge in [0.2, 0.25) is 0 Å². The van der Waals surface area contributed by atoms with Crippen LogP contribution in [0, 0.1) is 5.92 Å². The monoisotopic (exact) mass is 201 g/mol. The van der Waals surface area contributed by atoms with Crippen LogP contribution >= 0.6 is 0 Å². The first kappa shape index (κ1) is 11.5. The lowest BCUT2D eigenvalue weighted by atomic mass is 9.92. The molecule has 1 saturated heterocycles. The summed E-state index contributed by atoms with van der Waals surface area (Å²) in [6.07, 6.45) is 2.09. The highest BCUT2D eigenvalue weighted by atomic mass is 16.4. The number of rotatable bonds is 3. The molecule has 0 aliphatic carbocycles. The van der Waals surface area contributed by atoms with E-state index >= 15 is 0 Å². The number of carboxylic acid groups (broad SMARTS) is 1. The average Bonchev–Trinajstić information content (AvgIpc) is 2.07. The molecule has 0 aromatic heterocycles. The van der Waals surface area contributed by atoms with Crippen LogP contribution in [0.4, 0.5) is 0 Å². The van der Waals surface area contributed by atoms with Crippen LogP contribution in [0.3, 0.4) is 0 Å². The summed E-state index contributed by atoms with van der Waals surface area (Å²) in [5, 5.41) is 18.4. The lowest BCUT2D eigenvalue weighted by Gasteiger charge is -2.40. The van der Waals surface area contributed by atoms with E-state index in [9.17, 15) is 9.90 Å². The Labute approximate surface area is 84.5 Å². The Bertz CT molecular complexity index is 206. The molecule has 0 amide bonds. The molecule has 0 bridgehead atoms. The Hall–Kier alpha value is -0.610. The predicted molar refractivity (Wildman–Crippen MR) is 52.8 cm³/mol. The molecule has 0 spiro atoms. The fourth-order valence-corrected chi connectivity index (χ4v) is 2.16. The summed E-state index contributed by atoms with van der Waals surface area (Å²) in [4.78, 5) is 12.3. The molecule has 1 rings (SSSR count). The zero-order chi connectivity index (χ0) is 10.7. The smallest absolute Gasteiger partial charge is 0.317 e. The third-order valence-corrected chi connectivity index (χ3v) is 2.86. The maximum Gasteiger partial charge on any atom is 0.317 e. The van der Waals surface area contributed by atoms with Gasteiger partial charge in [-0.25, -0.2) is 0 Å². The molecule has 82 valence electrons. The van der Waals surface area contributed by atoms with Gasteiger partial charge in [-0.2, -0.15) is 0 Å². The fraction of sp³-hybridized carbons (Fsp3) is 0.900. The predicted octanol–water partition coefficient (Wildman–Crippen LogP) is 0.900. The van der Waals surface area contributed by atoms with Gasteiger partial charge in [-0.15, -0.1) is 0 Å². The van der Waals surface area contributed by atoms with E-state index in [1.165, 1.54) is 0 Å². The van der Waals surface area contributed by atoms with Crippen LogP contribution in [0.25, 0.3) is 0 Å². The largest absolute Gasteiger partial charge is 0.480 e. The molecule has 1 fully saturated rings. The molecule has 14 heavy (non-hydrogen) atoms. The molecule has 1 heterocycles. The van der Waals surface area contributed by atoms with E-state index < -0.39 is 12.2 Å². The van der Waals surface area contributed by atoms with Crippen molar-refractivity contribution in [2.45, 2.75) is 45.4 Å². The maximum absolute atomic E-state index is 10.6. The minimum atomic E-state index is -0.864. The van der Waals surface area contributed by atoms with E-state index in [4.69, 9.17) is 5.11 Å². The molecule has 0 aromatic carbocycles. The molecule has 4 heteroatoms.